The molecule has 76 valence electrons. The molecule has 5 nitrogen and oxygen atoms in total. The zero-order chi connectivity index (χ0) is 10.4. The maximum atomic E-state index is 11.4. The molecule has 0 saturated heterocycles. The highest BCUT2D eigenvalue weighted by Crippen LogP contribution is 2.27. The fourth-order valence-electron chi connectivity index (χ4n) is 1.77. The number of hydrogen-bond donors (Lipinski definition) is 1. The maximum absolute atomic E-state index is 11.4. The molecule has 0 fully saturated rings. The zero-order valence-electron chi connectivity index (χ0n) is 7.70. The Bertz CT molecular complexity index is 653. The summed E-state index contributed by atoms with van der Waals surface area (Å²) in [6.07, 6.45) is 0.799. The Morgan fingerprint density at radius 1 is 1.27 bits per heavy atom. The van der Waals surface area contributed by atoms with Gasteiger partial charge in [0.15, 0.2) is 0 Å². The maximum Gasteiger partial charge on any atom is 0.419 e. The van der Waals surface area contributed by atoms with Gasteiger partial charge in [-0.1, -0.05) is 0 Å². The average Bonchev–Trinajstić information content (AvgIpc) is 2.61. The summed E-state index contributed by atoms with van der Waals surface area (Å²) in [5.74, 6) is -0.0341. The predicted octanol–water partition coefficient (Wildman–Crippen LogP) is 0.416. The third-order valence-electron chi connectivity index (χ3n) is 2.47. The summed E-state index contributed by atoms with van der Waals surface area (Å²) in [5, 5.41) is 0.343. The van der Waals surface area contributed by atoms with Crippen molar-refractivity contribution in [3.8, 4) is 5.75 Å². The van der Waals surface area contributed by atoms with Crippen molar-refractivity contribution in [3.63, 3.8) is 0 Å². The summed E-state index contributed by atoms with van der Waals surface area (Å²) in [7, 11) is 0. The Morgan fingerprint density at radius 3 is 3.00 bits per heavy atom. The first kappa shape index (κ1) is 8.28. The van der Waals surface area contributed by atoms with Crippen LogP contribution in [-0.2, 0) is 6.42 Å². The van der Waals surface area contributed by atoms with Crippen molar-refractivity contribution in [1.82, 2.24) is 4.98 Å². The molecule has 15 heavy (non-hydrogen) atoms. The van der Waals surface area contributed by atoms with E-state index in [4.69, 9.17) is 4.74 Å². The lowest BCUT2D eigenvalue weighted by molar-refractivity contribution is 0.357. The van der Waals surface area contributed by atoms with E-state index in [0.717, 1.165) is 12.0 Å². The molecule has 0 aliphatic carbocycles. The van der Waals surface area contributed by atoms with Crippen LogP contribution in [0.4, 0.5) is 0 Å². The van der Waals surface area contributed by atoms with E-state index in [1.165, 1.54) is 0 Å². The fourth-order valence-corrected chi connectivity index (χ4v) is 1.77. The van der Waals surface area contributed by atoms with E-state index >= 15 is 0 Å². The van der Waals surface area contributed by atoms with Gasteiger partial charge in [0.05, 0.1) is 17.5 Å². The highest BCUT2D eigenvalue weighted by Gasteiger charge is 2.15. The molecule has 0 amide bonds. The predicted molar refractivity (Wildman–Crippen MR) is 52.3 cm³/mol. The second-order valence-corrected chi connectivity index (χ2v) is 3.41. The van der Waals surface area contributed by atoms with Crippen LogP contribution in [0.1, 0.15) is 5.56 Å². The third-order valence-corrected chi connectivity index (χ3v) is 2.47. The van der Waals surface area contributed by atoms with E-state index in [0.29, 0.717) is 23.3 Å². The lowest BCUT2D eigenvalue weighted by atomic mass is 10.1. The number of hydrogen-bond acceptors (Lipinski definition) is 4. The first-order valence-electron chi connectivity index (χ1n) is 4.57. The normalized spacial score (nSPS) is 13.9. The third kappa shape index (κ3) is 1.16. The molecule has 2 heterocycles. The lowest BCUT2D eigenvalue weighted by Crippen LogP contribution is -2.14. The van der Waals surface area contributed by atoms with Gasteiger partial charge in [-0.2, -0.15) is 0 Å². The van der Waals surface area contributed by atoms with Gasteiger partial charge < -0.3 is 9.15 Å². The molecule has 1 aromatic carbocycles. The van der Waals surface area contributed by atoms with Crippen molar-refractivity contribution in [2.24, 2.45) is 0 Å². The molecule has 0 spiro atoms. The van der Waals surface area contributed by atoms with Crippen molar-refractivity contribution in [3.05, 3.63) is 38.7 Å². The molecule has 0 unspecified atom stereocenters. The first-order valence-corrected chi connectivity index (χ1v) is 4.57. The van der Waals surface area contributed by atoms with E-state index in [9.17, 15) is 9.59 Å². The van der Waals surface area contributed by atoms with Crippen molar-refractivity contribution in [1.29, 1.82) is 0 Å². The molecule has 0 radical (unpaired) electrons. The minimum Gasteiger partial charge on any atom is -0.493 e. The van der Waals surface area contributed by atoms with Gasteiger partial charge in [-0.3, -0.25) is 4.98 Å². The summed E-state index contributed by atoms with van der Waals surface area (Å²) in [6.45, 7) is 0.612. The van der Waals surface area contributed by atoms with E-state index in [2.05, 4.69) is 9.40 Å². The van der Waals surface area contributed by atoms with Crippen LogP contribution in [0, 0.1) is 0 Å². The molecule has 5 heteroatoms. The van der Waals surface area contributed by atoms with Crippen LogP contribution in [0.15, 0.2) is 26.1 Å². The van der Waals surface area contributed by atoms with Crippen molar-refractivity contribution in [2.75, 3.05) is 6.61 Å². The van der Waals surface area contributed by atoms with E-state index in [1.807, 2.05) is 0 Å². The first-order chi connectivity index (χ1) is 7.24. The molecule has 1 N–H and O–H groups in total. The molecule has 1 aliphatic heterocycles. The van der Waals surface area contributed by atoms with Gasteiger partial charge in [0.1, 0.15) is 5.75 Å². The standard InChI is InChI=1S/C10H7NO4/c12-9-6-4-8-5(1-2-14-8)3-7(6)11-10(13)15-9/h3-4H,1-2H2,(H,11,13). The Kier molecular flexibility index (Phi) is 1.50. The monoisotopic (exact) mass is 205 g/mol. The van der Waals surface area contributed by atoms with Crippen LogP contribution in [0.5, 0.6) is 5.75 Å². The number of fused-ring (bicyclic) bond motifs is 2. The minimum atomic E-state index is -0.730. The second kappa shape index (κ2) is 2.73. The Balaban J connectivity index is 2.48. The van der Waals surface area contributed by atoms with Gasteiger partial charge in [-0.15, -0.1) is 0 Å². The summed E-state index contributed by atoms with van der Waals surface area (Å²) >= 11 is 0. The Hall–Kier alpha value is -2.04. The number of nitrogens with one attached hydrogen (secondary N) is 1. The number of benzene rings is 1. The van der Waals surface area contributed by atoms with E-state index in [-0.39, 0.29) is 0 Å². The summed E-state index contributed by atoms with van der Waals surface area (Å²) < 4.78 is 9.75. The van der Waals surface area contributed by atoms with Crippen LogP contribution < -0.4 is 16.1 Å². The smallest absolute Gasteiger partial charge is 0.419 e. The molecular weight excluding hydrogens is 198 g/mol. The van der Waals surface area contributed by atoms with Crippen LogP contribution in [0.2, 0.25) is 0 Å². The number of rotatable bonds is 0. The highest BCUT2D eigenvalue weighted by atomic mass is 16.5. The molecule has 3 rings (SSSR count). The van der Waals surface area contributed by atoms with Gasteiger partial charge in [0, 0.05) is 6.42 Å². The Labute approximate surface area is 83.3 Å². The molecule has 1 aromatic heterocycles. The molecule has 0 atom stereocenters. The summed E-state index contributed by atoms with van der Waals surface area (Å²) in [6, 6.07) is 3.37. The summed E-state index contributed by atoms with van der Waals surface area (Å²) in [4.78, 5) is 24.8. The van der Waals surface area contributed by atoms with Gasteiger partial charge in [0.25, 0.3) is 0 Å². The molecular formula is C10H7NO4. The van der Waals surface area contributed by atoms with Gasteiger partial charge >= 0.3 is 11.4 Å². The van der Waals surface area contributed by atoms with Crippen molar-refractivity contribution in [2.45, 2.75) is 6.42 Å². The topological polar surface area (TPSA) is 72.3 Å². The average molecular weight is 205 g/mol. The van der Waals surface area contributed by atoms with Gasteiger partial charge in [-0.25, -0.2) is 9.59 Å². The molecule has 2 aromatic rings. The highest BCUT2D eigenvalue weighted by molar-refractivity contribution is 5.80. The van der Waals surface area contributed by atoms with Crippen LogP contribution in [-0.4, -0.2) is 11.6 Å². The number of aromatic amines is 1. The number of aromatic nitrogens is 1. The summed E-state index contributed by atoms with van der Waals surface area (Å²) in [5.41, 5.74) is 0.872. The van der Waals surface area contributed by atoms with Crippen LogP contribution >= 0.6 is 0 Å². The fraction of sp³-hybridized carbons (Fsp3) is 0.200. The van der Waals surface area contributed by atoms with Gasteiger partial charge in [0.2, 0.25) is 0 Å². The van der Waals surface area contributed by atoms with Crippen molar-refractivity contribution < 1.29 is 9.15 Å². The molecule has 1 aliphatic rings. The lowest BCUT2D eigenvalue weighted by Gasteiger charge is -2.00. The van der Waals surface area contributed by atoms with Crippen molar-refractivity contribution >= 4 is 10.9 Å². The minimum absolute atomic E-state index is 0.343. The van der Waals surface area contributed by atoms with Gasteiger partial charge in [-0.05, 0) is 17.7 Å². The largest absolute Gasteiger partial charge is 0.493 e. The number of ether oxygens (including phenoxy) is 1. The molecule has 0 saturated carbocycles. The van der Waals surface area contributed by atoms with Crippen LogP contribution in [0.25, 0.3) is 10.9 Å². The quantitative estimate of drug-likeness (QED) is 0.676. The van der Waals surface area contributed by atoms with E-state index in [1.54, 1.807) is 12.1 Å². The Morgan fingerprint density at radius 2 is 2.13 bits per heavy atom. The van der Waals surface area contributed by atoms with E-state index < -0.39 is 11.4 Å². The SMILES string of the molecule is O=c1[nH]c2cc3c(cc2c(=O)o1)OCC3. The van der Waals surface area contributed by atoms with Crippen LogP contribution in [0.3, 0.4) is 0 Å². The zero-order valence-corrected chi connectivity index (χ0v) is 7.70. The number of H-pyrrole nitrogens is 1. The second-order valence-electron chi connectivity index (χ2n) is 3.41. The molecule has 0 bridgehead atoms.